The maximum Gasteiger partial charge on any atom is 0.326 e. The number of hydrogen-bond acceptors (Lipinski definition) is 7. The first-order valence-corrected chi connectivity index (χ1v) is 14.0. The third-order valence-electron chi connectivity index (χ3n) is 6.03. The molecule has 4 atom stereocenters. The predicted octanol–water partition coefficient (Wildman–Crippen LogP) is 0.851. The second kappa shape index (κ2) is 15.1. The van der Waals surface area contributed by atoms with Crippen molar-refractivity contribution in [1.82, 2.24) is 20.9 Å². The summed E-state index contributed by atoms with van der Waals surface area (Å²) in [5.41, 5.74) is 7.97. The van der Waals surface area contributed by atoms with Gasteiger partial charge in [-0.05, 0) is 48.8 Å². The molecule has 39 heavy (non-hydrogen) atoms. The number of fused-ring (bicyclic) bond motifs is 1. The van der Waals surface area contributed by atoms with Gasteiger partial charge in [0.05, 0.1) is 12.5 Å². The van der Waals surface area contributed by atoms with E-state index in [4.69, 9.17) is 10.8 Å². The van der Waals surface area contributed by atoms with Crippen molar-refractivity contribution < 1.29 is 34.2 Å². The lowest BCUT2D eigenvalue weighted by Crippen LogP contribution is -2.57. The van der Waals surface area contributed by atoms with Crippen LogP contribution in [-0.2, 0) is 30.4 Å². The van der Waals surface area contributed by atoms with Gasteiger partial charge in [0.1, 0.15) is 18.1 Å². The summed E-state index contributed by atoms with van der Waals surface area (Å²) in [7, 11) is 0. The number of amides is 3. The van der Waals surface area contributed by atoms with Gasteiger partial charge in [0.2, 0.25) is 17.7 Å². The van der Waals surface area contributed by atoms with Crippen LogP contribution in [0.15, 0.2) is 30.5 Å². The van der Waals surface area contributed by atoms with Crippen LogP contribution < -0.4 is 21.7 Å². The first-order valence-electron chi connectivity index (χ1n) is 12.6. The number of H-pyrrole nitrogens is 1. The number of nitrogens with one attached hydrogen (secondary N) is 4. The monoisotopic (exact) mass is 563 g/mol. The van der Waals surface area contributed by atoms with Crippen LogP contribution in [0.2, 0.25) is 0 Å². The Balaban J connectivity index is 2.12. The van der Waals surface area contributed by atoms with Crippen LogP contribution in [0.5, 0.6) is 0 Å². The molecule has 2 rings (SSSR count). The van der Waals surface area contributed by atoms with Crippen LogP contribution in [0.25, 0.3) is 10.9 Å². The van der Waals surface area contributed by atoms with Gasteiger partial charge < -0.3 is 36.9 Å². The fourth-order valence-corrected chi connectivity index (χ4v) is 4.51. The highest BCUT2D eigenvalue weighted by atomic mass is 32.2. The number of carboxylic acid groups (broad SMARTS) is 2. The van der Waals surface area contributed by atoms with Crippen LogP contribution in [-0.4, -0.2) is 81.0 Å². The van der Waals surface area contributed by atoms with Gasteiger partial charge in [0, 0.05) is 17.1 Å². The van der Waals surface area contributed by atoms with Gasteiger partial charge in [-0.15, -0.1) is 0 Å². The summed E-state index contributed by atoms with van der Waals surface area (Å²) >= 11 is 1.42. The van der Waals surface area contributed by atoms with Crippen molar-refractivity contribution in [3.8, 4) is 0 Å². The fourth-order valence-electron chi connectivity index (χ4n) is 4.04. The highest BCUT2D eigenvalue weighted by Gasteiger charge is 2.31. The number of aromatic amines is 1. The zero-order valence-electron chi connectivity index (χ0n) is 22.2. The SMILES string of the molecule is CSCCC(NC(=O)C(CC(C)C)NC(=O)C(N)Cc1c[nH]c2ccccc12)C(=O)NC(CC(=O)O)C(=O)O. The summed E-state index contributed by atoms with van der Waals surface area (Å²) in [5, 5.41) is 26.7. The van der Waals surface area contributed by atoms with Crippen LogP contribution in [0.4, 0.5) is 0 Å². The third-order valence-corrected chi connectivity index (χ3v) is 6.67. The largest absolute Gasteiger partial charge is 0.481 e. The van der Waals surface area contributed by atoms with Crippen molar-refractivity contribution in [3.63, 3.8) is 0 Å². The predicted molar refractivity (Wildman–Crippen MR) is 148 cm³/mol. The number of benzene rings is 1. The molecule has 0 aliphatic carbocycles. The average Bonchev–Trinajstić information content (AvgIpc) is 3.27. The van der Waals surface area contributed by atoms with Crippen LogP contribution in [0, 0.1) is 5.92 Å². The molecule has 0 aliphatic heterocycles. The maximum atomic E-state index is 13.2. The number of thioether (sulfide) groups is 1. The molecule has 1 heterocycles. The van der Waals surface area contributed by atoms with Crippen LogP contribution in [0.1, 0.15) is 38.7 Å². The number of para-hydroxylation sites is 1. The molecule has 0 saturated heterocycles. The number of carbonyl (C=O) groups excluding carboxylic acids is 3. The minimum Gasteiger partial charge on any atom is -0.481 e. The Labute approximate surface area is 230 Å². The summed E-state index contributed by atoms with van der Waals surface area (Å²) < 4.78 is 0. The van der Waals surface area contributed by atoms with Gasteiger partial charge in [-0.3, -0.25) is 19.2 Å². The highest BCUT2D eigenvalue weighted by molar-refractivity contribution is 7.98. The van der Waals surface area contributed by atoms with Crippen molar-refractivity contribution in [3.05, 3.63) is 36.0 Å². The Hall–Kier alpha value is -3.58. The van der Waals surface area contributed by atoms with Crippen molar-refractivity contribution in [2.24, 2.45) is 11.7 Å². The van der Waals surface area contributed by atoms with E-state index in [1.807, 2.05) is 38.1 Å². The molecule has 4 unspecified atom stereocenters. The van der Waals surface area contributed by atoms with Gasteiger partial charge in [-0.25, -0.2) is 4.79 Å². The Morgan fingerprint density at radius 2 is 1.56 bits per heavy atom. The quantitative estimate of drug-likeness (QED) is 0.154. The Morgan fingerprint density at radius 1 is 0.949 bits per heavy atom. The van der Waals surface area contributed by atoms with Gasteiger partial charge in [-0.1, -0.05) is 32.0 Å². The zero-order valence-corrected chi connectivity index (χ0v) is 23.0. The summed E-state index contributed by atoms with van der Waals surface area (Å²) in [4.78, 5) is 64.6. The van der Waals surface area contributed by atoms with Gasteiger partial charge in [-0.2, -0.15) is 11.8 Å². The van der Waals surface area contributed by atoms with Crippen molar-refractivity contribution in [1.29, 1.82) is 0 Å². The molecule has 1 aromatic carbocycles. The van der Waals surface area contributed by atoms with Crippen molar-refractivity contribution in [2.75, 3.05) is 12.0 Å². The minimum absolute atomic E-state index is 0.0105. The molecule has 0 spiro atoms. The third kappa shape index (κ3) is 9.91. The Kier molecular flexibility index (Phi) is 12.3. The second-order valence-electron chi connectivity index (χ2n) is 9.70. The van der Waals surface area contributed by atoms with E-state index in [-0.39, 0.29) is 25.2 Å². The van der Waals surface area contributed by atoms with E-state index in [0.717, 1.165) is 16.5 Å². The molecular weight excluding hydrogens is 526 g/mol. The molecule has 0 fully saturated rings. The molecule has 8 N–H and O–H groups in total. The van der Waals surface area contributed by atoms with Crippen LogP contribution >= 0.6 is 11.8 Å². The van der Waals surface area contributed by atoms with E-state index >= 15 is 0 Å². The second-order valence-corrected chi connectivity index (χ2v) is 10.7. The molecule has 13 heteroatoms. The van der Waals surface area contributed by atoms with E-state index < -0.39 is 60.2 Å². The molecule has 214 valence electrons. The number of hydrogen-bond donors (Lipinski definition) is 7. The Morgan fingerprint density at radius 3 is 2.18 bits per heavy atom. The number of carbonyl (C=O) groups is 5. The molecule has 12 nitrogen and oxygen atoms in total. The number of rotatable bonds is 16. The summed E-state index contributed by atoms with van der Waals surface area (Å²) in [6.07, 6.45) is 3.46. The van der Waals surface area contributed by atoms with Gasteiger partial charge >= 0.3 is 11.9 Å². The lowest BCUT2D eigenvalue weighted by molar-refractivity contribution is -0.147. The maximum absolute atomic E-state index is 13.2. The number of nitrogens with two attached hydrogens (primary N) is 1. The minimum atomic E-state index is -1.66. The first kappa shape index (κ1) is 31.6. The van der Waals surface area contributed by atoms with E-state index in [1.165, 1.54) is 11.8 Å². The lowest BCUT2D eigenvalue weighted by atomic mass is 10.0. The van der Waals surface area contributed by atoms with Crippen LogP contribution in [0.3, 0.4) is 0 Å². The van der Waals surface area contributed by atoms with Gasteiger partial charge in [0.15, 0.2) is 0 Å². The molecule has 1 aromatic heterocycles. The smallest absolute Gasteiger partial charge is 0.326 e. The molecule has 0 saturated carbocycles. The van der Waals surface area contributed by atoms with Gasteiger partial charge in [0.25, 0.3) is 0 Å². The molecule has 0 radical (unpaired) electrons. The summed E-state index contributed by atoms with van der Waals surface area (Å²) in [5.74, 6) is -4.40. The standard InChI is InChI=1S/C26H37N5O7S/c1-14(2)10-20(30-23(34)17(27)11-15-13-28-18-7-5-4-6-16(15)18)25(36)29-19(8-9-39-3)24(35)31-21(26(37)38)12-22(32)33/h4-7,13-14,17,19-21,28H,8-12,27H2,1-3H3,(H,29,36)(H,30,34)(H,31,35)(H,32,33)(H,37,38). The normalized spacial score (nSPS) is 14.3. The molecule has 3 amide bonds. The summed E-state index contributed by atoms with van der Waals surface area (Å²) in [6, 6.07) is 2.90. The topological polar surface area (TPSA) is 204 Å². The molecule has 2 aromatic rings. The van der Waals surface area contributed by atoms with E-state index in [1.54, 1.807) is 12.5 Å². The van der Waals surface area contributed by atoms with E-state index in [0.29, 0.717) is 5.75 Å². The van der Waals surface area contributed by atoms with E-state index in [9.17, 15) is 29.1 Å². The average molecular weight is 564 g/mol. The molecule has 0 bridgehead atoms. The van der Waals surface area contributed by atoms with Crippen molar-refractivity contribution in [2.45, 2.75) is 63.7 Å². The highest BCUT2D eigenvalue weighted by Crippen LogP contribution is 2.19. The number of carboxylic acids is 2. The lowest BCUT2D eigenvalue weighted by Gasteiger charge is -2.26. The number of aromatic nitrogens is 1. The molecular formula is C26H37N5O7S. The fraction of sp³-hybridized carbons (Fsp3) is 0.500. The van der Waals surface area contributed by atoms with Crippen molar-refractivity contribution >= 4 is 52.3 Å². The summed E-state index contributed by atoms with van der Waals surface area (Å²) in [6.45, 7) is 3.75. The number of aliphatic carboxylic acids is 2. The Bertz CT molecular complexity index is 1170. The first-order chi connectivity index (χ1) is 18.4. The van der Waals surface area contributed by atoms with E-state index in [2.05, 4.69) is 20.9 Å². The molecule has 0 aliphatic rings. The zero-order chi connectivity index (χ0) is 29.1.